The quantitative estimate of drug-likeness (QED) is 0.520. The Hall–Kier alpha value is -0.0800. The number of hydrogen-bond donors (Lipinski definition) is 2. The highest BCUT2D eigenvalue weighted by Gasteiger charge is 2.36. The van der Waals surface area contributed by atoms with Crippen LogP contribution in [0.4, 0.5) is 0 Å². The van der Waals surface area contributed by atoms with E-state index < -0.39 is 0 Å². The molecule has 3 fully saturated rings. The van der Waals surface area contributed by atoms with Crippen molar-refractivity contribution in [2.24, 2.45) is 0 Å². The van der Waals surface area contributed by atoms with Crippen LogP contribution in [-0.4, -0.2) is 25.2 Å². The van der Waals surface area contributed by atoms with Gasteiger partial charge in [-0.2, -0.15) is 0 Å². The molecule has 2 nitrogen and oxygen atoms in total. The third-order valence-electron chi connectivity index (χ3n) is 2.59. The SMILES string of the molecule is CN[C@H]1C[C@@H]2C[C@H](C1)N2. The van der Waals surface area contributed by atoms with Crippen LogP contribution in [0.15, 0.2) is 0 Å². The van der Waals surface area contributed by atoms with Gasteiger partial charge in [0.15, 0.2) is 0 Å². The molecule has 2 N–H and O–H groups in total. The van der Waals surface area contributed by atoms with E-state index in [1.165, 1.54) is 19.3 Å². The minimum atomic E-state index is 0.801. The highest BCUT2D eigenvalue weighted by Crippen LogP contribution is 2.27. The molecule has 9 heavy (non-hydrogen) atoms. The zero-order valence-corrected chi connectivity index (χ0v) is 5.85. The Balaban J connectivity index is 1.89. The molecular weight excluding hydrogens is 112 g/mol. The van der Waals surface area contributed by atoms with Gasteiger partial charge in [-0.05, 0) is 26.3 Å². The van der Waals surface area contributed by atoms with Crippen LogP contribution in [0.25, 0.3) is 0 Å². The molecule has 52 valence electrons. The molecule has 0 unspecified atom stereocenters. The van der Waals surface area contributed by atoms with Crippen LogP contribution in [0.3, 0.4) is 0 Å². The summed E-state index contributed by atoms with van der Waals surface area (Å²) in [6, 6.07) is 2.50. The highest BCUT2D eigenvalue weighted by molar-refractivity contribution is 4.98. The Bertz CT molecular complexity index is 97.5. The predicted octanol–water partition coefficient (Wildman–Crippen LogP) is 0.0987. The molecule has 2 bridgehead atoms. The lowest BCUT2D eigenvalue weighted by molar-refractivity contribution is 0.150. The fourth-order valence-electron chi connectivity index (χ4n) is 2.00. The molecule has 0 aromatic heterocycles. The molecule has 1 aliphatic carbocycles. The van der Waals surface area contributed by atoms with Gasteiger partial charge >= 0.3 is 0 Å². The normalized spacial score (nSPS) is 48.3. The number of nitrogens with one attached hydrogen (secondary N) is 2. The van der Waals surface area contributed by atoms with E-state index in [0.29, 0.717) is 0 Å². The number of fused-ring (bicyclic) bond motifs is 2. The van der Waals surface area contributed by atoms with Crippen LogP contribution in [0.5, 0.6) is 0 Å². The van der Waals surface area contributed by atoms with E-state index in [4.69, 9.17) is 0 Å². The molecule has 2 aliphatic heterocycles. The van der Waals surface area contributed by atoms with Crippen molar-refractivity contribution in [3.63, 3.8) is 0 Å². The van der Waals surface area contributed by atoms with Crippen molar-refractivity contribution in [3.8, 4) is 0 Å². The van der Waals surface area contributed by atoms with Crippen molar-refractivity contribution in [2.75, 3.05) is 7.05 Å². The van der Waals surface area contributed by atoms with Gasteiger partial charge in [0, 0.05) is 18.1 Å². The highest BCUT2D eigenvalue weighted by atomic mass is 15.1. The molecule has 0 aromatic rings. The summed E-state index contributed by atoms with van der Waals surface area (Å²) < 4.78 is 0. The predicted molar refractivity (Wildman–Crippen MR) is 37.4 cm³/mol. The van der Waals surface area contributed by atoms with Crippen molar-refractivity contribution < 1.29 is 0 Å². The van der Waals surface area contributed by atoms with E-state index >= 15 is 0 Å². The summed E-state index contributed by atoms with van der Waals surface area (Å²) >= 11 is 0. The smallest absolute Gasteiger partial charge is 0.00993 e. The maximum atomic E-state index is 3.50. The Morgan fingerprint density at radius 3 is 2.11 bits per heavy atom. The maximum absolute atomic E-state index is 3.50. The van der Waals surface area contributed by atoms with Crippen molar-refractivity contribution >= 4 is 0 Å². The van der Waals surface area contributed by atoms with E-state index in [1.807, 2.05) is 0 Å². The van der Waals surface area contributed by atoms with Crippen molar-refractivity contribution in [1.82, 2.24) is 10.6 Å². The molecular formula is C7H14N2. The van der Waals surface area contributed by atoms with Crippen LogP contribution in [0, 0.1) is 0 Å². The number of rotatable bonds is 1. The molecule has 3 rings (SSSR count). The van der Waals surface area contributed by atoms with Crippen LogP contribution in [0.1, 0.15) is 19.3 Å². The molecule has 2 saturated heterocycles. The molecule has 0 radical (unpaired) electrons. The number of piperidine rings is 1. The van der Waals surface area contributed by atoms with Crippen molar-refractivity contribution in [1.29, 1.82) is 0 Å². The molecule has 2 heterocycles. The van der Waals surface area contributed by atoms with Crippen LogP contribution < -0.4 is 10.6 Å². The first-order valence-electron chi connectivity index (χ1n) is 3.82. The van der Waals surface area contributed by atoms with Crippen LogP contribution >= 0.6 is 0 Å². The first-order valence-corrected chi connectivity index (χ1v) is 3.82. The van der Waals surface area contributed by atoms with Crippen LogP contribution in [-0.2, 0) is 0 Å². The second-order valence-corrected chi connectivity index (χ2v) is 3.25. The van der Waals surface area contributed by atoms with Gasteiger partial charge in [0.1, 0.15) is 0 Å². The second-order valence-electron chi connectivity index (χ2n) is 3.25. The van der Waals surface area contributed by atoms with Gasteiger partial charge in [0.2, 0.25) is 0 Å². The van der Waals surface area contributed by atoms with Gasteiger partial charge in [0.25, 0.3) is 0 Å². The third kappa shape index (κ3) is 0.864. The average Bonchev–Trinajstić information content (AvgIpc) is 1.87. The summed E-state index contributed by atoms with van der Waals surface area (Å²) in [7, 11) is 2.06. The van der Waals surface area contributed by atoms with Gasteiger partial charge in [0.05, 0.1) is 0 Å². The van der Waals surface area contributed by atoms with Crippen molar-refractivity contribution in [3.05, 3.63) is 0 Å². The summed E-state index contributed by atoms with van der Waals surface area (Å²) in [5.74, 6) is 0. The lowest BCUT2D eigenvalue weighted by Crippen LogP contribution is -2.61. The average molecular weight is 126 g/mol. The van der Waals surface area contributed by atoms with E-state index in [2.05, 4.69) is 17.7 Å². The lowest BCUT2D eigenvalue weighted by Gasteiger charge is -2.46. The second kappa shape index (κ2) is 1.96. The van der Waals surface area contributed by atoms with E-state index in [9.17, 15) is 0 Å². The Morgan fingerprint density at radius 2 is 1.78 bits per heavy atom. The Morgan fingerprint density at radius 1 is 1.22 bits per heavy atom. The van der Waals surface area contributed by atoms with Gasteiger partial charge < -0.3 is 10.6 Å². The monoisotopic (exact) mass is 126 g/mol. The molecule has 0 amide bonds. The molecule has 3 atom stereocenters. The van der Waals surface area contributed by atoms with Gasteiger partial charge in [-0.3, -0.25) is 0 Å². The zero-order valence-electron chi connectivity index (χ0n) is 5.85. The summed E-state index contributed by atoms with van der Waals surface area (Å²) in [6.07, 6.45) is 4.11. The summed E-state index contributed by atoms with van der Waals surface area (Å²) in [6.45, 7) is 0. The van der Waals surface area contributed by atoms with E-state index in [1.54, 1.807) is 0 Å². The Kier molecular flexibility index (Phi) is 1.24. The fourth-order valence-corrected chi connectivity index (χ4v) is 2.00. The lowest BCUT2D eigenvalue weighted by atomic mass is 9.80. The van der Waals surface area contributed by atoms with E-state index in [-0.39, 0.29) is 0 Å². The standard InChI is InChI=1S/C7H14N2/c1-8-5-2-6-4-7(3-5)9-6/h5-9H,2-4H2,1H3/t5-,6+,7-. The zero-order chi connectivity index (χ0) is 6.27. The topological polar surface area (TPSA) is 24.1 Å². The maximum Gasteiger partial charge on any atom is 0.00993 e. The minimum absolute atomic E-state index is 0.801. The van der Waals surface area contributed by atoms with Gasteiger partial charge in [-0.25, -0.2) is 0 Å². The van der Waals surface area contributed by atoms with E-state index in [0.717, 1.165) is 18.1 Å². The molecule has 0 spiro atoms. The summed E-state index contributed by atoms with van der Waals surface area (Å²) in [5, 5.41) is 6.83. The summed E-state index contributed by atoms with van der Waals surface area (Å²) in [5.41, 5.74) is 0. The molecule has 1 saturated carbocycles. The van der Waals surface area contributed by atoms with Gasteiger partial charge in [-0.15, -0.1) is 0 Å². The first kappa shape index (κ1) is 5.69. The molecule has 0 aromatic carbocycles. The van der Waals surface area contributed by atoms with Crippen molar-refractivity contribution in [2.45, 2.75) is 37.4 Å². The molecule has 3 aliphatic rings. The Labute approximate surface area is 56.0 Å². The first-order chi connectivity index (χ1) is 4.38. The summed E-state index contributed by atoms with van der Waals surface area (Å²) in [4.78, 5) is 0. The minimum Gasteiger partial charge on any atom is -0.317 e. The fraction of sp³-hybridized carbons (Fsp3) is 1.00. The molecule has 2 heteroatoms. The number of hydrogen-bond acceptors (Lipinski definition) is 2. The third-order valence-corrected chi connectivity index (χ3v) is 2.59. The van der Waals surface area contributed by atoms with Crippen LogP contribution in [0.2, 0.25) is 0 Å². The largest absolute Gasteiger partial charge is 0.317 e. The van der Waals surface area contributed by atoms with Gasteiger partial charge in [-0.1, -0.05) is 0 Å².